The first kappa shape index (κ1) is 16.0. The molecule has 0 fully saturated rings. The third-order valence-electron chi connectivity index (χ3n) is 2.07. The summed E-state index contributed by atoms with van der Waals surface area (Å²) in [5.41, 5.74) is 0.0773. The van der Waals surface area contributed by atoms with E-state index in [9.17, 15) is 15.2 Å². The molecule has 0 aromatic heterocycles. The van der Waals surface area contributed by atoms with E-state index in [4.69, 9.17) is 11.6 Å². The number of phenols is 1. The van der Waals surface area contributed by atoms with Gasteiger partial charge in [0.1, 0.15) is 0 Å². The van der Waals surface area contributed by atoms with Gasteiger partial charge in [-0.15, -0.1) is 12.4 Å². The van der Waals surface area contributed by atoms with Gasteiger partial charge in [0.2, 0.25) is 0 Å². The first-order valence-corrected chi connectivity index (χ1v) is 5.30. The normalized spacial score (nSPS) is 9.76. The molecule has 0 aliphatic heterocycles. The van der Waals surface area contributed by atoms with E-state index < -0.39 is 4.92 Å². The zero-order chi connectivity index (χ0) is 12.1. The predicted molar refractivity (Wildman–Crippen MR) is 69.0 cm³/mol. The van der Waals surface area contributed by atoms with Gasteiger partial charge in [-0.05, 0) is 19.0 Å². The van der Waals surface area contributed by atoms with Gasteiger partial charge in [0.25, 0.3) is 0 Å². The van der Waals surface area contributed by atoms with Crippen LogP contribution >= 0.6 is 24.0 Å². The Kier molecular flexibility index (Phi) is 6.87. The van der Waals surface area contributed by atoms with E-state index in [1.807, 2.05) is 6.92 Å². The smallest absolute Gasteiger partial charge is 0.312 e. The number of hydrogen-bond donors (Lipinski definition) is 2. The van der Waals surface area contributed by atoms with Crippen LogP contribution < -0.4 is 5.32 Å². The minimum atomic E-state index is -0.648. The van der Waals surface area contributed by atoms with Crippen molar-refractivity contribution in [3.63, 3.8) is 0 Å². The van der Waals surface area contributed by atoms with Gasteiger partial charge in [0, 0.05) is 23.2 Å². The summed E-state index contributed by atoms with van der Waals surface area (Å²) in [5.74, 6) is -0.321. The van der Waals surface area contributed by atoms with Crippen molar-refractivity contribution in [2.75, 3.05) is 6.54 Å². The number of nitrogens with zero attached hydrogens (tertiary/aromatic N) is 1. The summed E-state index contributed by atoms with van der Waals surface area (Å²) in [6.07, 6.45) is 0.948. The molecule has 0 amide bonds. The third-order valence-corrected chi connectivity index (χ3v) is 2.29. The first-order chi connectivity index (χ1) is 7.56. The molecule has 0 bridgehead atoms. The van der Waals surface area contributed by atoms with E-state index in [-0.39, 0.29) is 28.9 Å². The Balaban J connectivity index is 0.00000256. The monoisotopic (exact) mass is 280 g/mol. The van der Waals surface area contributed by atoms with Crippen LogP contribution in [-0.2, 0) is 6.54 Å². The number of hydrogen-bond acceptors (Lipinski definition) is 4. The topological polar surface area (TPSA) is 75.4 Å². The van der Waals surface area contributed by atoms with Crippen LogP contribution in [0.15, 0.2) is 12.1 Å². The zero-order valence-electron chi connectivity index (χ0n) is 9.27. The van der Waals surface area contributed by atoms with Crippen molar-refractivity contribution in [3.8, 4) is 5.75 Å². The molecule has 0 aliphatic rings. The van der Waals surface area contributed by atoms with Crippen LogP contribution in [0.5, 0.6) is 5.75 Å². The van der Waals surface area contributed by atoms with Crippen molar-refractivity contribution in [1.82, 2.24) is 5.32 Å². The second kappa shape index (κ2) is 7.32. The number of nitrogens with one attached hydrogen (secondary N) is 1. The van der Waals surface area contributed by atoms with Crippen LogP contribution in [0.1, 0.15) is 18.9 Å². The summed E-state index contributed by atoms with van der Waals surface area (Å²) in [4.78, 5) is 9.97. The molecular formula is C10H14Cl2N2O3. The molecule has 1 rings (SSSR count). The van der Waals surface area contributed by atoms with Gasteiger partial charge in [0.15, 0.2) is 5.75 Å². The number of phenolic OH excluding ortho intramolecular Hbond substituents is 1. The maximum absolute atomic E-state index is 10.6. The van der Waals surface area contributed by atoms with E-state index in [0.717, 1.165) is 19.0 Å². The van der Waals surface area contributed by atoms with Crippen LogP contribution in [0, 0.1) is 10.1 Å². The number of nitro groups is 1. The molecule has 0 spiro atoms. The van der Waals surface area contributed by atoms with Gasteiger partial charge >= 0.3 is 5.69 Å². The lowest BCUT2D eigenvalue weighted by atomic mass is 10.1. The van der Waals surface area contributed by atoms with Crippen LogP contribution in [-0.4, -0.2) is 16.6 Å². The maximum Gasteiger partial charge on any atom is 0.312 e. The molecule has 0 heterocycles. The van der Waals surface area contributed by atoms with Gasteiger partial charge in [-0.1, -0.05) is 18.5 Å². The fourth-order valence-corrected chi connectivity index (χ4v) is 1.55. The third kappa shape index (κ3) is 4.38. The Hall–Kier alpha value is -1.04. The fourth-order valence-electron chi connectivity index (χ4n) is 1.31. The van der Waals surface area contributed by atoms with Crippen LogP contribution in [0.3, 0.4) is 0 Å². The van der Waals surface area contributed by atoms with Gasteiger partial charge < -0.3 is 10.4 Å². The lowest BCUT2D eigenvalue weighted by Crippen LogP contribution is -2.14. The van der Waals surface area contributed by atoms with Crippen molar-refractivity contribution in [3.05, 3.63) is 32.8 Å². The SMILES string of the molecule is CCCNCc1cc(Cl)cc([N+](=O)[O-])c1O.Cl. The molecular weight excluding hydrogens is 267 g/mol. The molecule has 0 saturated heterocycles. The summed E-state index contributed by atoms with van der Waals surface area (Å²) < 4.78 is 0. The summed E-state index contributed by atoms with van der Waals surface area (Å²) in [6, 6.07) is 2.66. The van der Waals surface area contributed by atoms with Crippen LogP contribution in [0.25, 0.3) is 0 Å². The molecule has 0 radical (unpaired) electrons. The van der Waals surface area contributed by atoms with Gasteiger partial charge in [-0.3, -0.25) is 10.1 Å². The lowest BCUT2D eigenvalue weighted by Gasteiger charge is -2.06. The second-order valence-corrected chi connectivity index (χ2v) is 3.80. The highest BCUT2D eigenvalue weighted by atomic mass is 35.5. The quantitative estimate of drug-likeness (QED) is 0.494. The highest BCUT2D eigenvalue weighted by molar-refractivity contribution is 6.31. The van der Waals surface area contributed by atoms with Crippen LogP contribution in [0.4, 0.5) is 5.69 Å². The Morgan fingerprint density at radius 1 is 1.53 bits per heavy atom. The summed E-state index contributed by atoms with van der Waals surface area (Å²) >= 11 is 5.74. The predicted octanol–water partition coefficient (Wildman–Crippen LogP) is 2.88. The number of rotatable bonds is 5. The molecule has 5 nitrogen and oxygen atoms in total. The average Bonchev–Trinajstić information content (AvgIpc) is 2.22. The zero-order valence-corrected chi connectivity index (χ0v) is 10.8. The first-order valence-electron chi connectivity index (χ1n) is 4.92. The van der Waals surface area contributed by atoms with Crippen molar-refractivity contribution < 1.29 is 10.0 Å². The second-order valence-electron chi connectivity index (χ2n) is 3.37. The molecule has 0 unspecified atom stereocenters. The Bertz CT molecular complexity index is 399. The summed E-state index contributed by atoms with van der Waals surface area (Å²) in [5, 5.41) is 23.6. The molecule has 1 aromatic rings. The van der Waals surface area contributed by atoms with Gasteiger partial charge in [-0.25, -0.2) is 0 Å². The van der Waals surface area contributed by atoms with E-state index in [1.54, 1.807) is 0 Å². The Morgan fingerprint density at radius 3 is 2.71 bits per heavy atom. The summed E-state index contributed by atoms with van der Waals surface area (Å²) in [7, 11) is 0. The van der Waals surface area contributed by atoms with E-state index in [0.29, 0.717) is 12.1 Å². The molecule has 17 heavy (non-hydrogen) atoms. The highest BCUT2D eigenvalue weighted by Crippen LogP contribution is 2.33. The van der Waals surface area contributed by atoms with E-state index in [1.165, 1.54) is 6.07 Å². The Labute approximate surface area is 110 Å². The maximum atomic E-state index is 10.6. The molecule has 96 valence electrons. The number of nitro benzene ring substituents is 1. The van der Waals surface area contributed by atoms with Crippen molar-refractivity contribution in [2.24, 2.45) is 0 Å². The minimum Gasteiger partial charge on any atom is -0.502 e. The number of aromatic hydroxyl groups is 1. The van der Waals surface area contributed by atoms with E-state index in [2.05, 4.69) is 5.32 Å². The highest BCUT2D eigenvalue weighted by Gasteiger charge is 2.18. The standard InChI is InChI=1S/C10H13ClN2O3.ClH/c1-2-3-12-6-7-4-8(11)5-9(10(7)14)13(15)16;/h4-5,12,14H,2-3,6H2,1H3;1H. The molecule has 0 aliphatic carbocycles. The number of halogens is 2. The fraction of sp³-hybridized carbons (Fsp3) is 0.400. The van der Waals surface area contributed by atoms with Crippen molar-refractivity contribution >= 4 is 29.7 Å². The minimum absolute atomic E-state index is 0. The summed E-state index contributed by atoms with van der Waals surface area (Å²) in [6.45, 7) is 3.15. The Morgan fingerprint density at radius 2 is 2.18 bits per heavy atom. The molecule has 0 saturated carbocycles. The molecule has 1 aromatic carbocycles. The molecule has 7 heteroatoms. The largest absolute Gasteiger partial charge is 0.502 e. The lowest BCUT2D eigenvalue weighted by molar-refractivity contribution is -0.385. The van der Waals surface area contributed by atoms with Crippen LogP contribution in [0.2, 0.25) is 5.02 Å². The van der Waals surface area contributed by atoms with Crippen molar-refractivity contribution in [1.29, 1.82) is 0 Å². The average molecular weight is 281 g/mol. The molecule has 0 atom stereocenters. The van der Waals surface area contributed by atoms with E-state index >= 15 is 0 Å². The van der Waals surface area contributed by atoms with Gasteiger partial charge in [0.05, 0.1) is 4.92 Å². The van der Waals surface area contributed by atoms with Crippen molar-refractivity contribution in [2.45, 2.75) is 19.9 Å². The van der Waals surface area contributed by atoms with Gasteiger partial charge in [-0.2, -0.15) is 0 Å². The molecule has 2 N–H and O–H groups in total. The number of benzene rings is 1.